The van der Waals surface area contributed by atoms with Crippen molar-refractivity contribution in [1.82, 2.24) is 15.3 Å². The van der Waals surface area contributed by atoms with Crippen LogP contribution in [0.4, 0.5) is 5.69 Å². The Balaban J connectivity index is 1.31. The SMILES string of the molecule is Cc1ccc(S(=O)(=O)N(C)c2ccc(OCC(=O)NCc3nc4ccccc4[nH]3)cc2)cc1. The number of hydrogen-bond donors (Lipinski definition) is 2. The summed E-state index contributed by atoms with van der Waals surface area (Å²) in [5.41, 5.74) is 3.22. The Bertz CT molecular complexity index is 1330. The number of ether oxygens (including phenoxy) is 1. The molecule has 4 aromatic rings. The fourth-order valence-electron chi connectivity index (χ4n) is 3.23. The van der Waals surface area contributed by atoms with E-state index >= 15 is 0 Å². The maximum absolute atomic E-state index is 12.8. The van der Waals surface area contributed by atoms with E-state index in [2.05, 4.69) is 15.3 Å². The molecular weight excluding hydrogens is 440 g/mol. The number of fused-ring (bicyclic) bond motifs is 1. The van der Waals surface area contributed by atoms with Gasteiger partial charge in [0, 0.05) is 7.05 Å². The third kappa shape index (κ3) is 5.15. The van der Waals surface area contributed by atoms with E-state index in [1.165, 1.54) is 11.4 Å². The van der Waals surface area contributed by atoms with Gasteiger partial charge in [0.1, 0.15) is 11.6 Å². The summed E-state index contributed by atoms with van der Waals surface area (Å²) in [6.07, 6.45) is 0. The first-order valence-electron chi connectivity index (χ1n) is 10.3. The van der Waals surface area contributed by atoms with E-state index in [1.54, 1.807) is 48.5 Å². The molecule has 0 unspecified atom stereocenters. The molecule has 0 aliphatic rings. The molecular formula is C24H24N4O4S. The average molecular weight is 465 g/mol. The summed E-state index contributed by atoms with van der Waals surface area (Å²) in [4.78, 5) is 19.9. The number of aromatic amines is 1. The molecule has 9 heteroatoms. The molecule has 4 rings (SSSR count). The Morgan fingerprint density at radius 3 is 2.42 bits per heavy atom. The van der Waals surface area contributed by atoms with Gasteiger partial charge in [0.25, 0.3) is 15.9 Å². The molecule has 0 bridgehead atoms. The number of nitrogens with one attached hydrogen (secondary N) is 2. The van der Waals surface area contributed by atoms with E-state index in [-0.39, 0.29) is 24.0 Å². The minimum Gasteiger partial charge on any atom is -0.484 e. The molecule has 0 radical (unpaired) electrons. The van der Waals surface area contributed by atoms with Crippen molar-refractivity contribution in [1.29, 1.82) is 0 Å². The van der Waals surface area contributed by atoms with Crippen LogP contribution in [0.5, 0.6) is 5.75 Å². The molecule has 0 fully saturated rings. The summed E-state index contributed by atoms with van der Waals surface area (Å²) in [6.45, 7) is 1.99. The summed E-state index contributed by atoms with van der Waals surface area (Å²) in [5, 5.41) is 2.76. The third-order valence-electron chi connectivity index (χ3n) is 5.14. The number of benzene rings is 3. The molecule has 1 aromatic heterocycles. The Labute approximate surface area is 192 Å². The number of anilines is 1. The van der Waals surface area contributed by atoms with E-state index in [4.69, 9.17) is 4.74 Å². The van der Waals surface area contributed by atoms with Crippen LogP contribution >= 0.6 is 0 Å². The minimum atomic E-state index is -3.67. The highest BCUT2D eigenvalue weighted by Crippen LogP contribution is 2.24. The number of sulfonamides is 1. The van der Waals surface area contributed by atoms with Crippen LogP contribution in [-0.4, -0.2) is 37.9 Å². The van der Waals surface area contributed by atoms with Crippen molar-refractivity contribution in [3.63, 3.8) is 0 Å². The zero-order valence-electron chi connectivity index (χ0n) is 18.3. The number of hydrogen-bond acceptors (Lipinski definition) is 5. The Morgan fingerprint density at radius 1 is 1.03 bits per heavy atom. The zero-order valence-corrected chi connectivity index (χ0v) is 19.1. The fraction of sp³-hybridized carbons (Fsp3) is 0.167. The van der Waals surface area contributed by atoms with Gasteiger partial charge in [0.05, 0.1) is 28.2 Å². The monoisotopic (exact) mass is 464 g/mol. The van der Waals surface area contributed by atoms with Crippen molar-refractivity contribution in [3.05, 3.63) is 84.2 Å². The highest BCUT2D eigenvalue weighted by atomic mass is 32.2. The van der Waals surface area contributed by atoms with Crippen LogP contribution in [0.15, 0.2) is 77.7 Å². The first-order chi connectivity index (χ1) is 15.8. The van der Waals surface area contributed by atoms with Crippen molar-refractivity contribution in [2.75, 3.05) is 18.0 Å². The lowest BCUT2D eigenvalue weighted by Gasteiger charge is -2.20. The number of para-hydroxylation sites is 2. The summed E-state index contributed by atoms with van der Waals surface area (Å²) < 4.78 is 32.4. The minimum absolute atomic E-state index is 0.170. The number of carbonyl (C=O) groups is 1. The van der Waals surface area contributed by atoms with Gasteiger partial charge < -0.3 is 15.0 Å². The van der Waals surface area contributed by atoms with Crippen LogP contribution in [0.3, 0.4) is 0 Å². The number of imidazole rings is 1. The van der Waals surface area contributed by atoms with Gasteiger partial charge in [-0.05, 0) is 55.5 Å². The molecule has 0 spiro atoms. The van der Waals surface area contributed by atoms with Gasteiger partial charge in [-0.15, -0.1) is 0 Å². The molecule has 170 valence electrons. The number of H-pyrrole nitrogens is 1. The molecule has 0 aliphatic carbocycles. The normalized spacial score (nSPS) is 11.3. The number of carbonyl (C=O) groups excluding carboxylic acids is 1. The Kier molecular flexibility index (Phi) is 6.32. The van der Waals surface area contributed by atoms with Gasteiger partial charge in [-0.2, -0.15) is 0 Å². The average Bonchev–Trinajstić information content (AvgIpc) is 3.24. The van der Waals surface area contributed by atoms with Crippen molar-refractivity contribution >= 4 is 32.7 Å². The number of rotatable bonds is 8. The van der Waals surface area contributed by atoms with Crippen molar-refractivity contribution in [3.8, 4) is 5.75 Å². The van der Waals surface area contributed by atoms with Crippen LogP contribution in [-0.2, 0) is 21.4 Å². The molecule has 33 heavy (non-hydrogen) atoms. The molecule has 0 saturated heterocycles. The smallest absolute Gasteiger partial charge is 0.264 e. The summed E-state index contributed by atoms with van der Waals surface area (Å²) in [5.74, 6) is 0.823. The molecule has 1 amide bonds. The van der Waals surface area contributed by atoms with Gasteiger partial charge in [-0.1, -0.05) is 29.8 Å². The predicted molar refractivity (Wildman–Crippen MR) is 127 cm³/mol. The first kappa shape index (κ1) is 22.3. The first-order valence-corrected chi connectivity index (χ1v) is 11.8. The largest absolute Gasteiger partial charge is 0.484 e. The number of nitrogens with zero attached hydrogens (tertiary/aromatic N) is 2. The molecule has 0 aliphatic heterocycles. The van der Waals surface area contributed by atoms with Crippen molar-refractivity contribution < 1.29 is 17.9 Å². The van der Waals surface area contributed by atoms with E-state index in [1.807, 2.05) is 31.2 Å². The van der Waals surface area contributed by atoms with Crippen molar-refractivity contribution in [2.45, 2.75) is 18.4 Å². The quantitative estimate of drug-likeness (QED) is 0.416. The lowest BCUT2D eigenvalue weighted by Crippen LogP contribution is -2.28. The molecule has 0 saturated carbocycles. The standard InChI is InChI=1S/C24H24N4O4S/c1-17-7-13-20(14-8-17)33(30,31)28(2)18-9-11-19(12-10-18)32-16-24(29)25-15-23-26-21-5-3-4-6-22(21)27-23/h3-14H,15-16H2,1-2H3,(H,25,29)(H,26,27). The van der Waals surface area contributed by atoms with Crippen molar-refractivity contribution in [2.24, 2.45) is 0 Å². The number of amides is 1. The topological polar surface area (TPSA) is 104 Å². The molecule has 3 aromatic carbocycles. The van der Waals surface area contributed by atoms with Crippen LogP contribution in [0.1, 0.15) is 11.4 Å². The zero-order chi connectivity index (χ0) is 23.4. The Hall–Kier alpha value is -3.85. The summed E-state index contributed by atoms with van der Waals surface area (Å²) >= 11 is 0. The molecule has 0 atom stereocenters. The number of aryl methyl sites for hydroxylation is 1. The van der Waals surface area contributed by atoms with Gasteiger partial charge in [-0.3, -0.25) is 9.10 Å². The lowest BCUT2D eigenvalue weighted by molar-refractivity contribution is -0.123. The second kappa shape index (κ2) is 9.33. The fourth-order valence-corrected chi connectivity index (χ4v) is 4.43. The van der Waals surface area contributed by atoms with Gasteiger partial charge in [0.15, 0.2) is 6.61 Å². The van der Waals surface area contributed by atoms with E-state index in [0.29, 0.717) is 17.3 Å². The van der Waals surface area contributed by atoms with Gasteiger partial charge in [-0.25, -0.2) is 13.4 Å². The maximum atomic E-state index is 12.8. The van der Waals surface area contributed by atoms with Crippen LogP contribution < -0.4 is 14.4 Å². The highest BCUT2D eigenvalue weighted by molar-refractivity contribution is 7.92. The summed E-state index contributed by atoms with van der Waals surface area (Å²) in [7, 11) is -2.17. The maximum Gasteiger partial charge on any atom is 0.264 e. The second-order valence-corrected chi connectivity index (χ2v) is 9.51. The molecule has 2 N–H and O–H groups in total. The molecule has 1 heterocycles. The predicted octanol–water partition coefficient (Wildman–Crippen LogP) is 3.39. The second-order valence-electron chi connectivity index (χ2n) is 7.55. The molecule has 8 nitrogen and oxygen atoms in total. The number of aromatic nitrogens is 2. The van der Waals surface area contributed by atoms with Crippen LogP contribution in [0.2, 0.25) is 0 Å². The van der Waals surface area contributed by atoms with E-state index in [0.717, 1.165) is 16.6 Å². The van der Waals surface area contributed by atoms with E-state index < -0.39 is 10.0 Å². The van der Waals surface area contributed by atoms with Gasteiger partial charge >= 0.3 is 0 Å². The highest BCUT2D eigenvalue weighted by Gasteiger charge is 2.21. The van der Waals surface area contributed by atoms with E-state index in [9.17, 15) is 13.2 Å². The van der Waals surface area contributed by atoms with Crippen LogP contribution in [0, 0.1) is 6.92 Å². The third-order valence-corrected chi connectivity index (χ3v) is 6.94. The van der Waals surface area contributed by atoms with Crippen LogP contribution in [0.25, 0.3) is 11.0 Å². The lowest BCUT2D eigenvalue weighted by atomic mass is 10.2. The Morgan fingerprint density at radius 2 is 1.73 bits per heavy atom. The summed E-state index contributed by atoms with van der Waals surface area (Å²) in [6, 6.07) is 20.8. The van der Waals surface area contributed by atoms with Gasteiger partial charge in [0.2, 0.25) is 0 Å².